The third kappa shape index (κ3) is 4.02. The number of hydrogen-bond donors (Lipinski definition) is 0. The molecule has 0 fully saturated rings. The van der Waals surface area contributed by atoms with Crippen LogP contribution in [0.2, 0.25) is 0 Å². The van der Waals surface area contributed by atoms with Crippen LogP contribution in [0, 0.1) is 0 Å². The first-order chi connectivity index (χ1) is 7.29. The Morgan fingerprint density at radius 2 is 1.75 bits per heavy atom. The predicted molar refractivity (Wildman–Crippen MR) is 68.9 cm³/mol. The third-order valence-corrected chi connectivity index (χ3v) is 3.00. The van der Waals surface area contributed by atoms with Gasteiger partial charge in [-0.05, 0) is 0 Å². The van der Waals surface area contributed by atoms with Gasteiger partial charge in [-0.1, -0.05) is 0 Å². The van der Waals surface area contributed by atoms with Crippen molar-refractivity contribution in [3.63, 3.8) is 0 Å². The molecule has 1 aromatic rings. The van der Waals surface area contributed by atoms with Crippen LogP contribution < -0.4 is 4.35 Å². The van der Waals surface area contributed by atoms with E-state index >= 15 is 0 Å². The number of carbonyl (C=O) groups excluding carboxylic acids is 1. The second-order valence-corrected chi connectivity index (χ2v) is 6.32. The summed E-state index contributed by atoms with van der Waals surface area (Å²) < 4.78 is 6.61. The monoisotopic (exact) mass is 282 g/mol. The predicted octanol–water partition coefficient (Wildman–Crippen LogP) is 1.39. The van der Waals surface area contributed by atoms with Crippen LogP contribution in [0.15, 0.2) is 24.3 Å². The van der Waals surface area contributed by atoms with Crippen molar-refractivity contribution in [2.45, 2.75) is 39.2 Å². The van der Waals surface area contributed by atoms with E-state index in [9.17, 15) is 4.79 Å². The van der Waals surface area contributed by atoms with Crippen molar-refractivity contribution < 1.29 is 9.53 Å². The molecule has 0 N–H and O–H groups in total. The topological polar surface area (TPSA) is 26.3 Å². The van der Waals surface area contributed by atoms with Crippen LogP contribution in [-0.2, 0) is 9.53 Å². The zero-order valence-corrected chi connectivity index (χ0v) is 12.7. The van der Waals surface area contributed by atoms with Gasteiger partial charge in [0.15, 0.2) is 0 Å². The van der Waals surface area contributed by atoms with Crippen LogP contribution in [0.4, 0.5) is 0 Å². The van der Waals surface area contributed by atoms with Crippen molar-refractivity contribution >= 4 is 27.2 Å². The maximum absolute atomic E-state index is 11.8. The first-order valence-corrected chi connectivity index (χ1v) is 6.59. The molecule has 0 saturated heterocycles. The Kier molecular flexibility index (Phi) is 4.20. The van der Waals surface area contributed by atoms with Crippen molar-refractivity contribution in [3.8, 4) is 0 Å². The average Bonchev–Trinajstić information content (AvgIpc) is 2.15. The Balaban J connectivity index is 2.74. The van der Waals surface area contributed by atoms with E-state index in [2.05, 4.69) is 0 Å². The summed E-state index contributed by atoms with van der Waals surface area (Å²) in [5.74, 6) is -0.366. The Hall–Kier alpha value is -0.752. The molecule has 2 atom stereocenters. The molecule has 1 aromatic carbocycles. The van der Waals surface area contributed by atoms with Crippen LogP contribution in [0.3, 0.4) is 0 Å². The summed E-state index contributed by atoms with van der Waals surface area (Å²) in [5.41, 5.74) is 0.592. The second kappa shape index (κ2) is 5.05. The summed E-state index contributed by atoms with van der Waals surface area (Å²) in [7, 11) is 0. The van der Waals surface area contributed by atoms with Gasteiger partial charge < -0.3 is 0 Å². The van der Waals surface area contributed by atoms with Gasteiger partial charge in [-0.15, -0.1) is 0 Å². The van der Waals surface area contributed by atoms with Crippen molar-refractivity contribution in [2.24, 2.45) is 0 Å². The van der Waals surface area contributed by atoms with Crippen molar-refractivity contribution in [3.05, 3.63) is 29.8 Å². The molecule has 88 valence electrons. The molecular formula is C13H19AsO2. The standard InChI is InChI=1S/C13H19AsO2/c1-9(12(15)16-13(2,3)4)10-5-7-11(14)8-6-10/h5-9H,14H2,1-4H3. The molecule has 0 bridgehead atoms. The maximum atomic E-state index is 11.8. The van der Waals surface area contributed by atoms with E-state index in [1.807, 2.05) is 52.0 Å². The number of hydrogen-bond acceptors (Lipinski definition) is 2. The van der Waals surface area contributed by atoms with Gasteiger partial charge in [0.1, 0.15) is 0 Å². The van der Waals surface area contributed by atoms with Gasteiger partial charge in [0.25, 0.3) is 0 Å². The zero-order chi connectivity index (χ0) is 12.3. The fourth-order valence-electron chi connectivity index (χ4n) is 1.31. The Morgan fingerprint density at radius 3 is 2.19 bits per heavy atom. The van der Waals surface area contributed by atoms with Gasteiger partial charge in [-0.3, -0.25) is 0 Å². The van der Waals surface area contributed by atoms with Crippen molar-refractivity contribution in [1.82, 2.24) is 0 Å². The molecule has 0 heterocycles. The number of carbonyl (C=O) groups is 1. The van der Waals surface area contributed by atoms with Gasteiger partial charge >= 0.3 is 106 Å². The van der Waals surface area contributed by atoms with Gasteiger partial charge in [-0.25, -0.2) is 0 Å². The zero-order valence-electron chi connectivity index (χ0n) is 10.3. The minimum absolute atomic E-state index is 0.165. The number of benzene rings is 1. The Morgan fingerprint density at radius 1 is 1.25 bits per heavy atom. The van der Waals surface area contributed by atoms with Gasteiger partial charge in [0.2, 0.25) is 0 Å². The molecule has 0 aliphatic rings. The fourth-order valence-corrected chi connectivity index (χ4v) is 1.71. The molecule has 0 aromatic heterocycles. The van der Waals surface area contributed by atoms with Crippen molar-refractivity contribution in [1.29, 1.82) is 0 Å². The number of ether oxygens (including phenoxy) is 1. The van der Waals surface area contributed by atoms with Crippen LogP contribution in [0.5, 0.6) is 0 Å². The molecule has 0 aliphatic heterocycles. The molecule has 0 radical (unpaired) electrons. The summed E-state index contributed by atoms with van der Waals surface area (Å²) in [5, 5.41) is 0. The van der Waals surface area contributed by atoms with Gasteiger partial charge in [-0.2, -0.15) is 0 Å². The summed E-state index contributed by atoms with van der Waals surface area (Å²) in [6, 6.07) is 8.06. The van der Waals surface area contributed by atoms with Crippen LogP contribution in [-0.4, -0.2) is 28.4 Å². The van der Waals surface area contributed by atoms with E-state index in [-0.39, 0.29) is 11.9 Å². The average molecular weight is 282 g/mol. The molecular weight excluding hydrogens is 263 g/mol. The van der Waals surface area contributed by atoms with E-state index in [4.69, 9.17) is 4.74 Å². The van der Waals surface area contributed by atoms with Crippen LogP contribution >= 0.6 is 0 Å². The van der Waals surface area contributed by atoms with Gasteiger partial charge in [0, 0.05) is 0 Å². The van der Waals surface area contributed by atoms with E-state index in [0.717, 1.165) is 5.56 Å². The summed E-state index contributed by atoms with van der Waals surface area (Å²) in [6.45, 7) is 7.53. The SMILES string of the molecule is CC(C(=O)OC(C)(C)C)c1ccc([AsH2])cc1. The summed E-state index contributed by atoms with van der Waals surface area (Å²) in [6.07, 6.45) is 0. The van der Waals surface area contributed by atoms with Crippen LogP contribution in [0.1, 0.15) is 39.2 Å². The molecule has 2 unspecified atom stereocenters. The summed E-state index contributed by atoms with van der Waals surface area (Å²) >= 11 is 1.58. The van der Waals surface area contributed by atoms with E-state index in [1.54, 1.807) is 16.9 Å². The van der Waals surface area contributed by atoms with E-state index in [1.165, 1.54) is 4.35 Å². The molecule has 0 spiro atoms. The first-order valence-electron chi connectivity index (χ1n) is 5.38. The quantitative estimate of drug-likeness (QED) is 0.605. The van der Waals surface area contributed by atoms with Gasteiger partial charge in [0.05, 0.1) is 0 Å². The molecule has 3 heteroatoms. The molecule has 1 rings (SSSR count). The summed E-state index contributed by atoms with van der Waals surface area (Å²) in [4.78, 5) is 11.8. The molecule has 0 amide bonds. The normalized spacial score (nSPS) is 13.3. The fraction of sp³-hybridized carbons (Fsp3) is 0.462. The molecule has 0 aliphatic carbocycles. The molecule has 0 saturated carbocycles. The molecule has 2 nitrogen and oxygen atoms in total. The third-order valence-electron chi connectivity index (χ3n) is 2.20. The van der Waals surface area contributed by atoms with E-state index < -0.39 is 5.60 Å². The molecule has 16 heavy (non-hydrogen) atoms. The second-order valence-electron chi connectivity index (χ2n) is 4.92. The van der Waals surface area contributed by atoms with E-state index in [0.29, 0.717) is 0 Å². The number of rotatable bonds is 2. The van der Waals surface area contributed by atoms with Crippen molar-refractivity contribution in [2.75, 3.05) is 0 Å². The minimum atomic E-state index is -0.418. The Bertz CT molecular complexity index is 363. The first kappa shape index (κ1) is 13.3. The number of esters is 1. The Labute approximate surface area is 106 Å². The van der Waals surface area contributed by atoms with Crippen LogP contribution in [0.25, 0.3) is 0 Å².